The van der Waals surface area contributed by atoms with Crippen LogP contribution < -0.4 is 5.32 Å². The summed E-state index contributed by atoms with van der Waals surface area (Å²) in [6.07, 6.45) is 6.57. The van der Waals surface area contributed by atoms with Gasteiger partial charge in [0.05, 0.1) is 0 Å². The Bertz CT molecular complexity index is 388. The molecule has 1 atom stereocenters. The van der Waals surface area contributed by atoms with Crippen LogP contribution in [0.2, 0.25) is 0 Å². The van der Waals surface area contributed by atoms with Gasteiger partial charge in [0.1, 0.15) is 0 Å². The van der Waals surface area contributed by atoms with Crippen molar-refractivity contribution in [1.29, 1.82) is 0 Å². The molecular formula is C17H32N4O. The van der Waals surface area contributed by atoms with Gasteiger partial charge in [0.25, 0.3) is 0 Å². The molecule has 0 spiro atoms. The molecule has 0 aliphatic carbocycles. The summed E-state index contributed by atoms with van der Waals surface area (Å²) in [5.74, 6) is 2.05. The third-order valence-electron chi connectivity index (χ3n) is 5.04. The molecule has 0 aromatic heterocycles. The first-order valence-corrected chi connectivity index (χ1v) is 8.87. The van der Waals surface area contributed by atoms with Gasteiger partial charge in [-0.15, -0.1) is 0 Å². The highest BCUT2D eigenvalue weighted by Crippen LogP contribution is 2.17. The van der Waals surface area contributed by atoms with Crippen molar-refractivity contribution in [1.82, 2.24) is 15.1 Å². The van der Waals surface area contributed by atoms with E-state index < -0.39 is 0 Å². The van der Waals surface area contributed by atoms with E-state index in [4.69, 9.17) is 0 Å². The summed E-state index contributed by atoms with van der Waals surface area (Å²) in [6.45, 7) is 8.22. The van der Waals surface area contributed by atoms with Gasteiger partial charge < -0.3 is 15.1 Å². The largest absolute Gasteiger partial charge is 0.356 e. The van der Waals surface area contributed by atoms with Crippen molar-refractivity contribution in [3.63, 3.8) is 0 Å². The second kappa shape index (κ2) is 8.39. The molecule has 0 bridgehead atoms. The minimum absolute atomic E-state index is 0.280. The molecule has 2 rings (SSSR count). The monoisotopic (exact) mass is 308 g/mol. The second-order valence-electron chi connectivity index (χ2n) is 6.83. The van der Waals surface area contributed by atoms with Gasteiger partial charge in [-0.1, -0.05) is 6.92 Å². The highest BCUT2D eigenvalue weighted by Gasteiger charge is 2.23. The molecule has 2 heterocycles. The Morgan fingerprint density at radius 2 is 1.86 bits per heavy atom. The Balaban J connectivity index is 1.73. The van der Waals surface area contributed by atoms with Crippen LogP contribution in [0, 0.1) is 5.92 Å². The highest BCUT2D eigenvalue weighted by molar-refractivity contribution is 5.81. The van der Waals surface area contributed by atoms with Crippen LogP contribution in [-0.4, -0.2) is 60.9 Å². The molecular weight excluding hydrogens is 276 g/mol. The number of carbonyl (C=O) groups is 1. The van der Waals surface area contributed by atoms with Crippen LogP contribution in [0.3, 0.4) is 0 Å². The Kier molecular flexibility index (Phi) is 6.52. The number of likely N-dealkylation sites (tertiary alicyclic amines) is 2. The molecule has 1 N–H and O–H groups in total. The van der Waals surface area contributed by atoms with Crippen molar-refractivity contribution in [2.75, 3.05) is 33.2 Å². The molecule has 126 valence electrons. The smallest absolute Gasteiger partial charge is 0.224 e. The lowest BCUT2D eigenvalue weighted by Gasteiger charge is -2.34. The highest BCUT2D eigenvalue weighted by atomic mass is 16.2. The van der Waals surface area contributed by atoms with Crippen LogP contribution in [0.15, 0.2) is 4.99 Å². The lowest BCUT2D eigenvalue weighted by atomic mass is 10.00. The van der Waals surface area contributed by atoms with Gasteiger partial charge in [-0.3, -0.25) is 9.79 Å². The quantitative estimate of drug-likeness (QED) is 0.641. The summed E-state index contributed by atoms with van der Waals surface area (Å²) < 4.78 is 0. The van der Waals surface area contributed by atoms with Crippen molar-refractivity contribution in [2.45, 2.75) is 58.4 Å². The number of aliphatic imine (C=N–C) groups is 1. The molecule has 0 saturated carbocycles. The van der Waals surface area contributed by atoms with E-state index >= 15 is 0 Å². The maximum absolute atomic E-state index is 12.3. The number of carbonyl (C=O) groups excluding carboxylic acids is 1. The third-order valence-corrected chi connectivity index (χ3v) is 5.04. The van der Waals surface area contributed by atoms with E-state index in [1.165, 1.54) is 19.3 Å². The molecule has 0 aromatic carbocycles. The predicted molar refractivity (Wildman–Crippen MR) is 91.0 cm³/mol. The maximum Gasteiger partial charge on any atom is 0.224 e. The standard InChI is InChI=1S/C17H32N4O/c1-14-8-12-20(13-9-14)17(18-3)19-10-7-16(22)21-11-5-4-6-15(21)2/h14-15H,4-13H2,1-3H3,(H,18,19). The first-order chi connectivity index (χ1) is 10.6. The Morgan fingerprint density at radius 1 is 1.14 bits per heavy atom. The van der Waals surface area contributed by atoms with Crippen molar-refractivity contribution in [2.24, 2.45) is 10.9 Å². The molecule has 0 radical (unpaired) electrons. The van der Waals surface area contributed by atoms with E-state index in [1.807, 2.05) is 7.05 Å². The number of nitrogens with one attached hydrogen (secondary N) is 1. The zero-order chi connectivity index (χ0) is 15.9. The Morgan fingerprint density at radius 3 is 2.50 bits per heavy atom. The fourth-order valence-electron chi connectivity index (χ4n) is 3.45. The lowest BCUT2D eigenvalue weighted by Crippen LogP contribution is -2.47. The van der Waals surface area contributed by atoms with Gasteiger partial charge in [0, 0.05) is 45.7 Å². The molecule has 2 aliphatic rings. The Labute approximate surface area is 135 Å². The topological polar surface area (TPSA) is 47.9 Å². The van der Waals surface area contributed by atoms with E-state index in [0.717, 1.165) is 44.4 Å². The van der Waals surface area contributed by atoms with Gasteiger partial charge in [0.15, 0.2) is 5.96 Å². The average Bonchev–Trinajstić information content (AvgIpc) is 2.53. The van der Waals surface area contributed by atoms with E-state index in [1.54, 1.807) is 0 Å². The first kappa shape index (κ1) is 17.1. The lowest BCUT2D eigenvalue weighted by molar-refractivity contribution is -0.134. The van der Waals surface area contributed by atoms with Gasteiger partial charge in [-0.05, 0) is 44.9 Å². The van der Waals surface area contributed by atoms with Crippen LogP contribution in [-0.2, 0) is 4.79 Å². The van der Waals surface area contributed by atoms with Crippen molar-refractivity contribution in [3.05, 3.63) is 0 Å². The fraction of sp³-hybridized carbons (Fsp3) is 0.882. The van der Waals surface area contributed by atoms with Crippen LogP contribution in [0.1, 0.15) is 52.4 Å². The van der Waals surface area contributed by atoms with Crippen molar-refractivity contribution >= 4 is 11.9 Å². The molecule has 2 fully saturated rings. The molecule has 0 aromatic rings. The van der Waals surface area contributed by atoms with Crippen molar-refractivity contribution < 1.29 is 4.79 Å². The van der Waals surface area contributed by atoms with Crippen LogP contribution >= 0.6 is 0 Å². The molecule has 1 unspecified atom stereocenters. The van der Waals surface area contributed by atoms with E-state index in [-0.39, 0.29) is 5.91 Å². The number of guanidine groups is 1. The fourth-order valence-corrected chi connectivity index (χ4v) is 3.45. The van der Waals surface area contributed by atoms with Crippen LogP contribution in [0.25, 0.3) is 0 Å². The van der Waals surface area contributed by atoms with E-state index in [0.29, 0.717) is 19.0 Å². The van der Waals surface area contributed by atoms with Gasteiger partial charge in [-0.25, -0.2) is 0 Å². The molecule has 5 heteroatoms. The summed E-state index contributed by atoms with van der Waals surface area (Å²) in [6, 6.07) is 0.407. The van der Waals surface area contributed by atoms with Crippen LogP contribution in [0.4, 0.5) is 0 Å². The predicted octanol–water partition coefficient (Wildman–Crippen LogP) is 2.08. The summed E-state index contributed by atoms with van der Waals surface area (Å²) in [5.41, 5.74) is 0. The Hall–Kier alpha value is -1.26. The number of piperidine rings is 2. The number of nitrogens with zero attached hydrogens (tertiary/aromatic N) is 3. The number of hydrogen-bond acceptors (Lipinski definition) is 2. The molecule has 1 amide bonds. The minimum atomic E-state index is 0.280. The van der Waals surface area contributed by atoms with Gasteiger partial charge >= 0.3 is 0 Å². The minimum Gasteiger partial charge on any atom is -0.356 e. The average molecular weight is 308 g/mol. The SMILES string of the molecule is CN=C(NCCC(=O)N1CCCCC1C)N1CCC(C)CC1. The number of amides is 1. The number of hydrogen-bond donors (Lipinski definition) is 1. The summed E-state index contributed by atoms with van der Waals surface area (Å²) >= 11 is 0. The molecule has 2 aliphatic heterocycles. The zero-order valence-corrected chi connectivity index (χ0v) is 14.5. The summed E-state index contributed by atoms with van der Waals surface area (Å²) in [5, 5.41) is 3.37. The van der Waals surface area contributed by atoms with Gasteiger partial charge in [0.2, 0.25) is 5.91 Å². The van der Waals surface area contributed by atoms with Crippen molar-refractivity contribution in [3.8, 4) is 0 Å². The molecule has 5 nitrogen and oxygen atoms in total. The first-order valence-electron chi connectivity index (χ1n) is 8.87. The maximum atomic E-state index is 12.3. The number of rotatable bonds is 3. The van der Waals surface area contributed by atoms with Gasteiger partial charge in [-0.2, -0.15) is 0 Å². The summed E-state index contributed by atoms with van der Waals surface area (Å²) in [7, 11) is 1.83. The second-order valence-corrected chi connectivity index (χ2v) is 6.83. The molecule has 22 heavy (non-hydrogen) atoms. The third kappa shape index (κ3) is 4.62. The summed E-state index contributed by atoms with van der Waals surface area (Å²) in [4.78, 5) is 21.1. The van der Waals surface area contributed by atoms with Crippen LogP contribution in [0.5, 0.6) is 0 Å². The normalized spacial score (nSPS) is 24.5. The van der Waals surface area contributed by atoms with E-state index in [2.05, 4.69) is 34.0 Å². The van der Waals surface area contributed by atoms with E-state index in [9.17, 15) is 4.79 Å². The zero-order valence-electron chi connectivity index (χ0n) is 14.5. The molecule has 2 saturated heterocycles.